The van der Waals surface area contributed by atoms with Gasteiger partial charge in [0.2, 0.25) is 15.9 Å². The van der Waals surface area contributed by atoms with Gasteiger partial charge < -0.3 is 10.1 Å². The number of amides is 1. The molecule has 0 spiro atoms. The van der Waals surface area contributed by atoms with Gasteiger partial charge in [0.25, 0.3) is 0 Å². The summed E-state index contributed by atoms with van der Waals surface area (Å²) in [6.45, 7) is 5.81. The highest BCUT2D eigenvalue weighted by Crippen LogP contribution is 2.18. The third-order valence-electron chi connectivity index (χ3n) is 3.19. The maximum absolute atomic E-state index is 12.3. The topological polar surface area (TPSA) is 83.6 Å². The predicted molar refractivity (Wildman–Crippen MR) is 85.1 cm³/mol. The van der Waals surface area contributed by atoms with Gasteiger partial charge in [0.15, 0.2) is 0 Å². The van der Waals surface area contributed by atoms with Gasteiger partial charge in [0.05, 0.1) is 4.90 Å². The van der Waals surface area contributed by atoms with E-state index in [0.29, 0.717) is 18.8 Å². The van der Waals surface area contributed by atoms with Gasteiger partial charge in [-0.3, -0.25) is 4.79 Å². The first-order chi connectivity index (χ1) is 10.3. The molecular formula is C15H22N2O4S. The zero-order valence-electron chi connectivity index (χ0n) is 13.1. The molecule has 0 saturated heterocycles. The number of sulfonamides is 1. The van der Waals surface area contributed by atoms with E-state index in [0.717, 1.165) is 0 Å². The second kappa shape index (κ2) is 8.05. The van der Waals surface area contributed by atoms with E-state index in [2.05, 4.69) is 5.32 Å². The number of nitrogens with one attached hydrogen (secondary N) is 1. The van der Waals surface area contributed by atoms with E-state index in [1.165, 1.54) is 23.4 Å². The molecule has 0 saturated carbocycles. The van der Waals surface area contributed by atoms with Crippen LogP contribution in [0.1, 0.15) is 33.6 Å². The van der Waals surface area contributed by atoms with Crippen molar-refractivity contribution in [3.8, 4) is 0 Å². The van der Waals surface area contributed by atoms with Crippen molar-refractivity contribution >= 4 is 27.4 Å². The van der Waals surface area contributed by atoms with E-state index in [1.807, 2.05) is 0 Å². The summed E-state index contributed by atoms with van der Waals surface area (Å²) in [5.41, 5.74) is 0.507. The Hall–Kier alpha value is -1.73. The Morgan fingerprint density at radius 1 is 1.05 bits per heavy atom. The number of benzene rings is 1. The number of hydrogen-bond donors (Lipinski definition) is 1. The Kier molecular flexibility index (Phi) is 6.70. The normalized spacial score (nSPS) is 11.5. The SMILES string of the molecule is CCN(CC)S(=O)(=O)c1ccc(NC(=O)CCC(C)=O)cc1. The van der Waals surface area contributed by atoms with Crippen molar-refractivity contribution in [2.24, 2.45) is 0 Å². The Morgan fingerprint density at radius 2 is 1.59 bits per heavy atom. The molecule has 122 valence electrons. The number of carbonyl (C=O) groups is 2. The average molecular weight is 326 g/mol. The van der Waals surface area contributed by atoms with Crippen LogP contribution in [0.25, 0.3) is 0 Å². The molecule has 0 aromatic heterocycles. The molecule has 0 aliphatic rings. The van der Waals surface area contributed by atoms with Gasteiger partial charge >= 0.3 is 0 Å². The third-order valence-corrected chi connectivity index (χ3v) is 5.25. The summed E-state index contributed by atoms with van der Waals surface area (Å²) in [5.74, 6) is -0.314. The van der Waals surface area contributed by atoms with Gasteiger partial charge in [0.1, 0.15) is 5.78 Å². The molecule has 1 aromatic rings. The van der Waals surface area contributed by atoms with Crippen LogP contribution in [-0.4, -0.2) is 37.5 Å². The number of ketones is 1. The summed E-state index contributed by atoms with van der Waals surface area (Å²) in [4.78, 5) is 22.6. The summed E-state index contributed by atoms with van der Waals surface area (Å²) >= 11 is 0. The van der Waals surface area contributed by atoms with E-state index in [4.69, 9.17) is 0 Å². The molecule has 6 nitrogen and oxygen atoms in total. The number of carbonyl (C=O) groups excluding carboxylic acids is 2. The number of anilines is 1. The summed E-state index contributed by atoms with van der Waals surface area (Å²) in [6, 6.07) is 6.02. The molecule has 0 unspecified atom stereocenters. The highest BCUT2D eigenvalue weighted by Gasteiger charge is 2.21. The standard InChI is InChI=1S/C15H22N2O4S/c1-4-17(5-2)22(20,21)14-9-7-13(8-10-14)16-15(19)11-6-12(3)18/h7-10H,4-6,11H2,1-3H3,(H,16,19). The van der Waals surface area contributed by atoms with Gasteiger partial charge in [-0.1, -0.05) is 13.8 Å². The van der Waals surface area contributed by atoms with Crippen LogP contribution in [0.2, 0.25) is 0 Å². The van der Waals surface area contributed by atoms with Crippen molar-refractivity contribution in [3.63, 3.8) is 0 Å². The van der Waals surface area contributed by atoms with Crippen LogP contribution in [0, 0.1) is 0 Å². The van der Waals surface area contributed by atoms with Gasteiger partial charge in [-0.15, -0.1) is 0 Å². The molecule has 1 aromatic carbocycles. The molecule has 7 heteroatoms. The van der Waals surface area contributed by atoms with E-state index in [-0.39, 0.29) is 29.4 Å². The first-order valence-electron chi connectivity index (χ1n) is 7.20. The van der Waals surface area contributed by atoms with Crippen molar-refractivity contribution in [2.75, 3.05) is 18.4 Å². The lowest BCUT2D eigenvalue weighted by Crippen LogP contribution is -2.30. The van der Waals surface area contributed by atoms with E-state index < -0.39 is 10.0 Å². The Morgan fingerprint density at radius 3 is 2.05 bits per heavy atom. The van der Waals surface area contributed by atoms with Crippen LogP contribution < -0.4 is 5.32 Å². The molecule has 1 rings (SSSR count). The Bertz CT molecular complexity index is 619. The smallest absolute Gasteiger partial charge is 0.243 e. The van der Waals surface area contributed by atoms with Crippen LogP contribution in [-0.2, 0) is 19.6 Å². The van der Waals surface area contributed by atoms with Crippen molar-refractivity contribution < 1.29 is 18.0 Å². The first kappa shape index (κ1) is 18.3. The highest BCUT2D eigenvalue weighted by molar-refractivity contribution is 7.89. The number of hydrogen-bond acceptors (Lipinski definition) is 4. The molecule has 0 bridgehead atoms. The largest absolute Gasteiger partial charge is 0.326 e. The van der Waals surface area contributed by atoms with Crippen LogP contribution >= 0.6 is 0 Å². The molecule has 0 atom stereocenters. The molecule has 0 heterocycles. The van der Waals surface area contributed by atoms with Gasteiger partial charge in [-0.05, 0) is 31.2 Å². The quantitative estimate of drug-likeness (QED) is 0.792. The van der Waals surface area contributed by atoms with Crippen LogP contribution in [0.4, 0.5) is 5.69 Å². The van der Waals surface area contributed by atoms with Crippen molar-refractivity contribution in [3.05, 3.63) is 24.3 Å². The summed E-state index contributed by atoms with van der Waals surface area (Å²) in [6.07, 6.45) is 0.315. The van der Waals surface area contributed by atoms with Crippen LogP contribution in [0.15, 0.2) is 29.2 Å². The molecule has 0 aliphatic carbocycles. The number of Topliss-reactive ketones (excluding diaryl/α,β-unsaturated/α-hetero) is 1. The number of rotatable bonds is 8. The lowest BCUT2D eigenvalue weighted by Gasteiger charge is -2.18. The molecule has 1 amide bonds. The maximum Gasteiger partial charge on any atom is 0.243 e. The fourth-order valence-corrected chi connectivity index (χ4v) is 3.39. The summed E-state index contributed by atoms with van der Waals surface area (Å²) in [5, 5.41) is 2.63. The van der Waals surface area contributed by atoms with Crippen molar-refractivity contribution in [1.82, 2.24) is 4.31 Å². The third kappa shape index (κ3) is 4.92. The maximum atomic E-state index is 12.3. The van der Waals surface area contributed by atoms with Crippen molar-refractivity contribution in [1.29, 1.82) is 0 Å². The zero-order valence-corrected chi connectivity index (χ0v) is 13.9. The molecule has 0 aliphatic heterocycles. The molecule has 1 N–H and O–H groups in total. The van der Waals surface area contributed by atoms with Gasteiger partial charge in [0, 0.05) is 31.6 Å². The van der Waals surface area contributed by atoms with Crippen LogP contribution in [0.5, 0.6) is 0 Å². The Labute approximate surface area is 131 Å². The lowest BCUT2D eigenvalue weighted by atomic mass is 10.2. The van der Waals surface area contributed by atoms with Gasteiger partial charge in [-0.25, -0.2) is 8.42 Å². The minimum absolute atomic E-state index is 0.0455. The van der Waals surface area contributed by atoms with E-state index >= 15 is 0 Å². The number of nitrogens with zero attached hydrogens (tertiary/aromatic N) is 1. The fraction of sp³-hybridized carbons (Fsp3) is 0.467. The summed E-state index contributed by atoms with van der Waals surface area (Å²) in [7, 11) is -3.49. The molecule has 0 radical (unpaired) electrons. The highest BCUT2D eigenvalue weighted by atomic mass is 32.2. The minimum Gasteiger partial charge on any atom is -0.326 e. The monoisotopic (exact) mass is 326 g/mol. The summed E-state index contributed by atoms with van der Waals surface area (Å²) < 4.78 is 26.0. The lowest BCUT2D eigenvalue weighted by molar-refractivity contribution is -0.121. The second-order valence-corrected chi connectivity index (χ2v) is 6.80. The van der Waals surface area contributed by atoms with Gasteiger partial charge in [-0.2, -0.15) is 4.31 Å². The predicted octanol–water partition coefficient (Wildman–Crippen LogP) is 2.02. The zero-order chi connectivity index (χ0) is 16.8. The van der Waals surface area contributed by atoms with Crippen molar-refractivity contribution in [2.45, 2.75) is 38.5 Å². The average Bonchev–Trinajstić information content (AvgIpc) is 2.46. The molecule has 0 fully saturated rings. The van der Waals surface area contributed by atoms with E-state index in [9.17, 15) is 18.0 Å². The van der Waals surface area contributed by atoms with E-state index in [1.54, 1.807) is 26.0 Å². The second-order valence-electron chi connectivity index (χ2n) is 4.86. The molecule has 22 heavy (non-hydrogen) atoms. The van der Waals surface area contributed by atoms with Crippen LogP contribution in [0.3, 0.4) is 0 Å². The minimum atomic E-state index is -3.49. The molecular weight excluding hydrogens is 304 g/mol. The Balaban J connectivity index is 2.79. The fourth-order valence-electron chi connectivity index (χ4n) is 1.94. The first-order valence-corrected chi connectivity index (χ1v) is 8.64.